The molecular weight excluding hydrogens is 482 g/mol. The molecule has 0 aliphatic carbocycles. The van der Waals surface area contributed by atoms with Crippen LogP contribution in [0, 0.1) is 43.1 Å². The normalized spacial score (nSPS) is 10.7. The molecule has 0 unspecified atom stereocenters. The number of fused-ring (bicyclic) bond motifs is 3. The summed E-state index contributed by atoms with van der Waals surface area (Å²) in [6, 6.07) is 29.4. The highest BCUT2D eigenvalue weighted by molar-refractivity contribution is 6.10. The minimum absolute atomic E-state index is 0.421. The Labute approximate surface area is 224 Å². The lowest BCUT2D eigenvalue weighted by Crippen LogP contribution is -2.02. The third-order valence-corrected chi connectivity index (χ3v) is 6.71. The van der Waals surface area contributed by atoms with Crippen LogP contribution in [0.15, 0.2) is 78.9 Å². The lowest BCUT2D eigenvalue weighted by atomic mass is 9.98. The maximum atomic E-state index is 10.1. The molecule has 39 heavy (non-hydrogen) atoms. The zero-order chi connectivity index (χ0) is 27.1. The molecule has 2 aromatic heterocycles. The van der Waals surface area contributed by atoms with Crippen LogP contribution in [0.25, 0.3) is 54.9 Å². The number of para-hydroxylation sites is 1. The van der Waals surface area contributed by atoms with E-state index in [4.69, 9.17) is 6.57 Å². The van der Waals surface area contributed by atoms with Crippen molar-refractivity contribution in [2.24, 2.45) is 0 Å². The fraction of sp³-hybridized carbons (Fsp3) is 0.0625. The first-order valence-electron chi connectivity index (χ1n) is 12.2. The summed E-state index contributed by atoms with van der Waals surface area (Å²) in [7, 11) is 0. The SMILES string of the molecule is [C-]#[N+]c1ccc(-c2ccc3c4ccccc4n(-c4cc(-c5nc(C)nc(C)n5)ccc4C#N)c3c2)c(C#N)c1. The van der Waals surface area contributed by atoms with E-state index < -0.39 is 0 Å². The maximum Gasteiger partial charge on any atom is 0.188 e. The van der Waals surface area contributed by atoms with Gasteiger partial charge < -0.3 is 4.57 Å². The molecule has 0 aliphatic heterocycles. The molecule has 0 fully saturated rings. The van der Waals surface area contributed by atoms with Gasteiger partial charge in [-0.2, -0.15) is 10.5 Å². The third-order valence-electron chi connectivity index (χ3n) is 6.71. The summed E-state index contributed by atoms with van der Waals surface area (Å²) in [5, 5.41) is 22.0. The van der Waals surface area contributed by atoms with Crippen molar-refractivity contribution in [2.45, 2.75) is 13.8 Å². The topological polar surface area (TPSA) is 95.5 Å². The van der Waals surface area contributed by atoms with E-state index in [2.05, 4.69) is 42.6 Å². The molecular formula is C32H19N7. The molecule has 0 saturated heterocycles. The van der Waals surface area contributed by atoms with Gasteiger partial charge in [-0.25, -0.2) is 19.8 Å². The number of hydrogen-bond acceptors (Lipinski definition) is 5. The van der Waals surface area contributed by atoms with Gasteiger partial charge in [0, 0.05) is 21.9 Å². The first kappa shape index (κ1) is 23.6. The molecule has 7 heteroatoms. The van der Waals surface area contributed by atoms with Gasteiger partial charge in [-0.05, 0) is 61.4 Å². The molecule has 0 saturated carbocycles. The van der Waals surface area contributed by atoms with Crippen molar-refractivity contribution < 1.29 is 0 Å². The fourth-order valence-corrected chi connectivity index (χ4v) is 5.04. The summed E-state index contributed by atoms with van der Waals surface area (Å²) in [5.41, 5.74) is 6.28. The average Bonchev–Trinajstić information content (AvgIpc) is 3.29. The van der Waals surface area contributed by atoms with Crippen molar-refractivity contribution in [1.82, 2.24) is 19.5 Å². The summed E-state index contributed by atoms with van der Waals surface area (Å²) in [4.78, 5) is 16.8. The summed E-state index contributed by atoms with van der Waals surface area (Å²) in [5.74, 6) is 1.80. The molecule has 0 spiro atoms. The molecule has 4 aromatic carbocycles. The molecule has 0 amide bonds. The monoisotopic (exact) mass is 501 g/mol. The molecule has 6 rings (SSSR count). The van der Waals surface area contributed by atoms with Gasteiger partial charge in [0.2, 0.25) is 0 Å². The van der Waals surface area contributed by atoms with E-state index in [1.807, 2.05) is 68.4 Å². The number of nitrogens with zero attached hydrogens (tertiary/aromatic N) is 7. The Bertz CT molecular complexity index is 2060. The van der Waals surface area contributed by atoms with Crippen LogP contribution in [0.1, 0.15) is 22.8 Å². The predicted octanol–water partition coefficient (Wildman–Crippen LogP) is 7.21. The average molecular weight is 502 g/mol. The van der Waals surface area contributed by atoms with Gasteiger partial charge in [0.25, 0.3) is 0 Å². The molecule has 2 heterocycles. The van der Waals surface area contributed by atoms with Crippen molar-refractivity contribution in [3.8, 4) is 40.3 Å². The van der Waals surface area contributed by atoms with Crippen molar-refractivity contribution in [3.63, 3.8) is 0 Å². The van der Waals surface area contributed by atoms with E-state index >= 15 is 0 Å². The van der Waals surface area contributed by atoms with Crippen LogP contribution in [0.5, 0.6) is 0 Å². The number of aryl methyl sites for hydroxylation is 2. The Kier molecular flexibility index (Phi) is 5.57. The van der Waals surface area contributed by atoms with Gasteiger partial charge in [-0.1, -0.05) is 42.5 Å². The fourth-order valence-electron chi connectivity index (χ4n) is 5.04. The van der Waals surface area contributed by atoms with Gasteiger partial charge in [-0.3, -0.25) is 0 Å². The first-order valence-corrected chi connectivity index (χ1v) is 12.2. The van der Waals surface area contributed by atoms with Crippen LogP contribution in [0.2, 0.25) is 0 Å². The summed E-state index contributed by atoms with van der Waals surface area (Å²) in [6.07, 6.45) is 0. The number of benzene rings is 4. The summed E-state index contributed by atoms with van der Waals surface area (Å²) < 4.78 is 2.08. The lowest BCUT2D eigenvalue weighted by molar-refractivity contribution is 0.928. The second-order valence-corrected chi connectivity index (χ2v) is 9.14. The highest BCUT2D eigenvalue weighted by atomic mass is 15.0. The minimum Gasteiger partial charge on any atom is -0.308 e. The lowest BCUT2D eigenvalue weighted by Gasteiger charge is -2.13. The van der Waals surface area contributed by atoms with Crippen molar-refractivity contribution in [1.29, 1.82) is 10.5 Å². The van der Waals surface area contributed by atoms with Crippen molar-refractivity contribution >= 4 is 27.5 Å². The summed E-state index contributed by atoms with van der Waals surface area (Å²) >= 11 is 0. The molecule has 182 valence electrons. The molecule has 0 bridgehead atoms. The molecule has 0 atom stereocenters. The second-order valence-electron chi connectivity index (χ2n) is 9.14. The van der Waals surface area contributed by atoms with E-state index in [-0.39, 0.29) is 0 Å². The summed E-state index contributed by atoms with van der Waals surface area (Å²) in [6.45, 7) is 11.0. The Morgan fingerprint density at radius 1 is 0.718 bits per heavy atom. The van der Waals surface area contributed by atoms with Crippen molar-refractivity contribution in [3.05, 3.63) is 113 Å². The zero-order valence-corrected chi connectivity index (χ0v) is 21.1. The molecule has 0 N–H and O–H groups in total. The Balaban J connectivity index is 1.66. The minimum atomic E-state index is 0.421. The van der Waals surface area contributed by atoms with Crippen molar-refractivity contribution in [2.75, 3.05) is 0 Å². The van der Waals surface area contributed by atoms with E-state index in [0.717, 1.165) is 38.5 Å². The van der Waals surface area contributed by atoms with E-state index in [0.29, 0.717) is 40.0 Å². The van der Waals surface area contributed by atoms with E-state index in [1.165, 1.54) is 0 Å². The Morgan fingerprint density at radius 2 is 1.44 bits per heavy atom. The number of aromatic nitrogens is 4. The standard InChI is InChI=1S/C32H19N7/c1-19-36-20(2)38-32(37-19)22-8-9-23(17-33)30(16-22)39-29-7-5-4-6-27(29)28-12-10-21(15-31(28)39)26-13-11-25(35-3)14-24(26)18-34/h4-16H,1-2H3. The molecule has 0 radical (unpaired) electrons. The second kappa shape index (κ2) is 9.23. The van der Waals surface area contributed by atoms with Crippen LogP contribution in [-0.2, 0) is 0 Å². The quantitative estimate of drug-likeness (QED) is 0.239. The van der Waals surface area contributed by atoms with Gasteiger partial charge in [0.1, 0.15) is 17.7 Å². The molecule has 6 aromatic rings. The Morgan fingerprint density at radius 3 is 2.18 bits per heavy atom. The third kappa shape index (κ3) is 3.94. The van der Waals surface area contributed by atoms with Gasteiger partial charge in [0.05, 0.1) is 34.9 Å². The number of nitriles is 2. The molecule has 0 aliphatic rings. The largest absolute Gasteiger partial charge is 0.308 e. The maximum absolute atomic E-state index is 10.1. The van der Waals surface area contributed by atoms with Crippen LogP contribution < -0.4 is 0 Å². The highest BCUT2D eigenvalue weighted by Crippen LogP contribution is 2.37. The Hall–Kier alpha value is -5.84. The highest BCUT2D eigenvalue weighted by Gasteiger charge is 2.18. The van der Waals surface area contributed by atoms with Gasteiger partial charge >= 0.3 is 0 Å². The van der Waals surface area contributed by atoms with Crippen LogP contribution >= 0.6 is 0 Å². The predicted molar refractivity (Wildman–Crippen MR) is 150 cm³/mol. The van der Waals surface area contributed by atoms with Gasteiger partial charge in [-0.15, -0.1) is 0 Å². The van der Waals surface area contributed by atoms with Crippen LogP contribution in [0.4, 0.5) is 5.69 Å². The zero-order valence-electron chi connectivity index (χ0n) is 21.1. The smallest absolute Gasteiger partial charge is 0.188 e. The van der Waals surface area contributed by atoms with E-state index in [9.17, 15) is 10.5 Å². The number of hydrogen-bond donors (Lipinski definition) is 0. The molecule has 7 nitrogen and oxygen atoms in total. The van der Waals surface area contributed by atoms with E-state index in [1.54, 1.807) is 18.2 Å². The van der Waals surface area contributed by atoms with Crippen LogP contribution in [-0.4, -0.2) is 19.5 Å². The number of rotatable bonds is 3. The first-order chi connectivity index (χ1) is 19.0. The van der Waals surface area contributed by atoms with Crippen LogP contribution in [0.3, 0.4) is 0 Å². The van der Waals surface area contributed by atoms with Gasteiger partial charge in [0.15, 0.2) is 11.5 Å².